The Balaban J connectivity index is 2.00. The van der Waals surface area contributed by atoms with Crippen LogP contribution in [0, 0.1) is 11.3 Å². The molecule has 0 saturated heterocycles. The second-order valence-electron chi connectivity index (χ2n) is 3.95. The lowest BCUT2D eigenvalue weighted by Gasteiger charge is -2.03. The lowest BCUT2D eigenvalue weighted by Crippen LogP contribution is -1.94. The highest BCUT2D eigenvalue weighted by Crippen LogP contribution is 2.23. The fourth-order valence-electron chi connectivity index (χ4n) is 1.62. The first-order chi connectivity index (χ1) is 8.81. The van der Waals surface area contributed by atoms with Gasteiger partial charge in [-0.3, -0.25) is 0 Å². The van der Waals surface area contributed by atoms with Crippen LogP contribution in [0.25, 0.3) is 0 Å². The summed E-state index contributed by atoms with van der Waals surface area (Å²) >= 11 is 1.76. The van der Waals surface area contributed by atoms with E-state index in [2.05, 4.69) is 18.2 Å². The van der Waals surface area contributed by atoms with Crippen molar-refractivity contribution in [2.45, 2.75) is 17.2 Å². The Labute approximate surface area is 111 Å². The predicted octanol–water partition coefficient (Wildman–Crippen LogP) is 3.31. The van der Waals surface area contributed by atoms with E-state index in [1.54, 1.807) is 11.8 Å². The minimum absolute atomic E-state index is 0.579. The molecule has 0 bridgehead atoms. The first-order valence-corrected chi connectivity index (χ1v) is 6.71. The summed E-state index contributed by atoms with van der Waals surface area (Å²) in [5.74, 6) is 0.873. The molecule has 0 heterocycles. The average molecular weight is 254 g/mol. The van der Waals surface area contributed by atoms with E-state index >= 15 is 0 Å². The van der Waals surface area contributed by atoms with E-state index in [4.69, 9.17) is 11.0 Å². The predicted molar refractivity (Wildman–Crippen MR) is 75.1 cm³/mol. The molecule has 0 aliphatic rings. The van der Waals surface area contributed by atoms with E-state index in [0.29, 0.717) is 12.1 Å². The Morgan fingerprint density at radius 1 is 1.06 bits per heavy atom. The van der Waals surface area contributed by atoms with E-state index in [1.807, 2.05) is 36.4 Å². The first kappa shape index (κ1) is 12.7. The van der Waals surface area contributed by atoms with Crippen molar-refractivity contribution in [2.75, 3.05) is 0 Å². The van der Waals surface area contributed by atoms with Crippen LogP contribution in [-0.4, -0.2) is 0 Å². The number of thioether (sulfide) groups is 1. The van der Waals surface area contributed by atoms with Gasteiger partial charge in [-0.2, -0.15) is 5.26 Å². The SMILES string of the molecule is N#Cc1cccc(CSc2ccc(CN)cc2)c1. The third-order valence-corrected chi connectivity index (χ3v) is 3.70. The molecule has 2 rings (SSSR count). The second-order valence-corrected chi connectivity index (χ2v) is 5.00. The Bertz CT molecular complexity index is 555. The Hall–Kier alpha value is -1.76. The fraction of sp³-hybridized carbons (Fsp3) is 0.133. The van der Waals surface area contributed by atoms with Crippen LogP contribution in [0.2, 0.25) is 0 Å². The molecular formula is C15H14N2S. The van der Waals surface area contributed by atoms with Crippen molar-refractivity contribution in [2.24, 2.45) is 5.73 Å². The van der Waals surface area contributed by atoms with E-state index in [1.165, 1.54) is 10.5 Å². The lowest BCUT2D eigenvalue weighted by atomic mass is 10.2. The number of nitrogens with two attached hydrogens (primary N) is 1. The van der Waals surface area contributed by atoms with Crippen molar-refractivity contribution in [3.63, 3.8) is 0 Å². The van der Waals surface area contributed by atoms with Crippen molar-refractivity contribution >= 4 is 11.8 Å². The standard InChI is InChI=1S/C15H14N2S/c16-9-12-4-6-15(7-5-12)18-11-14-3-1-2-13(8-14)10-17/h1-8H,9,11,16H2. The fourth-order valence-corrected chi connectivity index (χ4v) is 2.46. The smallest absolute Gasteiger partial charge is 0.0991 e. The summed E-state index contributed by atoms with van der Waals surface area (Å²) < 4.78 is 0. The molecule has 2 aromatic rings. The van der Waals surface area contributed by atoms with E-state index in [9.17, 15) is 0 Å². The summed E-state index contributed by atoms with van der Waals surface area (Å²) in [5, 5.41) is 8.84. The molecule has 2 aromatic carbocycles. The van der Waals surface area contributed by atoms with Gasteiger partial charge in [-0.05, 0) is 35.4 Å². The average Bonchev–Trinajstić information content (AvgIpc) is 2.46. The molecule has 90 valence electrons. The molecule has 0 radical (unpaired) electrons. The third-order valence-electron chi connectivity index (χ3n) is 2.62. The Kier molecular flexibility index (Phi) is 4.40. The molecule has 18 heavy (non-hydrogen) atoms. The van der Waals surface area contributed by atoms with Gasteiger partial charge < -0.3 is 5.73 Å². The number of benzene rings is 2. The zero-order valence-electron chi connectivity index (χ0n) is 9.97. The molecule has 0 saturated carbocycles. The minimum Gasteiger partial charge on any atom is -0.326 e. The van der Waals surface area contributed by atoms with Crippen molar-refractivity contribution in [3.05, 3.63) is 65.2 Å². The summed E-state index contributed by atoms with van der Waals surface area (Å²) in [5.41, 5.74) is 8.59. The lowest BCUT2D eigenvalue weighted by molar-refractivity contribution is 1.07. The maximum atomic E-state index is 8.84. The van der Waals surface area contributed by atoms with Crippen LogP contribution < -0.4 is 5.73 Å². The molecule has 0 aliphatic carbocycles. The highest BCUT2D eigenvalue weighted by Gasteiger charge is 1.98. The number of hydrogen-bond acceptors (Lipinski definition) is 3. The van der Waals surface area contributed by atoms with Crippen LogP contribution >= 0.6 is 11.8 Å². The maximum Gasteiger partial charge on any atom is 0.0991 e. The highest BCUT2D eigenvalue weighted by molar-refractivity contribution is 7.98. The van der Waals surface area contributed by atoms with Crippen LogP contribution in [0.4, 0.5) is 0 Å². The van der Waals surface area contributed by atoms with Crippen molar-refractivity contribution in [3.8, 4) is 6.07 Å². The van der Waals surface area contributed by atoms with Gasteiger partial charge in [0, 0.05) is 17.2 Å². The zero-order valence-corrected chi connectivity index (χ0v) is 10.8. The largest absolute Gasteiger partial charge is 0.326 e. The van der Waals surface area contributed by atoms with Gasteiger partial charge in [-0.1, -0.05) is 24.3 Å². The van der Waals surface area contributed by atoms with Crippen molar-refractivity contribution < 1.29 is 0 Å². The summed E-state index contributed by atoms with van der Waals surface area (Å²) in [6.45, 7) is 0.579. The normalized spacial score (nSPS) is 10.0. The number of nitriles is 1. The molecule has 2 nitrogen and oxygen atoms in total. The Morgan fingerprint density at radius 2 is 1.83 bits per heavy atom. The van der Waals surface area contributed by atoms with E-state index < -0.39 is 0 Å². The number of nitrogens with zero attached hydrogens (tertiary/aromatic N) is 1. The van der Waals surface area contributed by atoms with Gasteiger partial charge in [0.25, 0.3) is 0 Å². The number of rotatable bonds is 4. The molecule has 0 fully saturated rings. The molecule has 0 atom stereocenters. The van der Waals surface area contributed by atoms with Gasteiger partial charge in [0.05, 0.1) is 11.6 Å². The zero-order chi connectivity index (χ0) is 12.8. The molecule has 3 heteroatoms. The van der Waals surface area contributed by atoms with Crippen LogP contribution in [0.1, 0.15) is 16.7 Å². The van der Waals surface area contributed by atoms with Gasteiger partial charge in [-0.25, -0.2) is 0 Å². The molecule has 0 aromatic heterocycles. The third kappa shape index (κ3) is 3.36. The number of hydrogen-bond donors (Lipinski definition) is 1. The molecule has 0 amide bonds. The van der Waals surface area contributed by atoms with Gasteiger partial charge in [0.15, 0.2) is 0 Å². The quantitative estimate of drug-likeness (QED) is 0.852. The molecule has 0 spiro atoms. The molecule has 2 N–H and O–H groups in total. The van der Waals surface area contributed by atoms with Crippen LogP contribution in [-0.2, 0) is 12.3 Å². The second kappa shape index (κ2) is 6.25. The van der Waals surface area contributed by atoms with E-state index in [0.717, 1.165) is 11.3 Å². The van der Waals surface area contributed by atoms with Crippen LogP contribution in [0.15, 0.2) is 53.4 Å². The summed E-state index contributed by atoms with van der Waals surface area (Å²) in [6, 6.07) is 18.1. The molecule has 0 unspecified atom stereocenters. The van der Waals surface area contributed by atoms with Gasteiger partial charge in [0.1, 0.15) is 0 Å². The molecule has 0 aliphatic heterocycles. The summed E-state index contributed by atoms with van der Waals surface area (Å²) in [6.07, 6.45) is 0. The maximum absolute atomic E-state index is 8.84. The highest BCUT2D eigenvalue weighted by atomic mass is 32.2. The monoisotopic (exact) mass is 254 g/mol. The summed E-state index contributed by atoms with van der Waals surface area (Å²) in [4.78, 5) is 1.22. The minimum atomic E-state index is 0.579. The Morgan fingerprint density at radius 3 is 2.50 bits per heavy atom. The van der Waals surface area contributed by atoms with E-state index in [-0.39, 0.29) is 0 Å². The van der Waals surface area contributed by atoms with Gasteiger partial charge in [0.2, 0.25) is 0 Å². The van der Waals surface area contributed by atoms with Gasteiger partial charge >= 0.3 is 0 Å². The van der Waals surface area contributed by atoms with Crippen molar-refractivity contribution in [1.82, 2.24) is 0 Å². The van der Waals surface area contributed by atoms with Crippen LogP contribution in [0.5, 0.6) is 0 Å². The van der Waals surface area contributed by atoms with Crippen molar-refractivity contribution in [1.29, 1.82) is 5.26 Å². The summed E-state index contributed by atoms with van der Waals surface area (Å²) in [7, 11) is 0. The molecular weight excluding hydrogens is 240 g/mol. The van der Waals surface area contributed by atoms with Crippen LogP contribution in [0.3, 0.4) is 0 Å². The van der Waals surface area contributed by atoms with Gasteiger partial charge in [-0.15, -0.1) is 11.8 Å². The first-order valence-electron chi connectivity index (χ1n) is 5.72. The topological polar surface area (TPSA) is 49.8 Å².